The van der Waals surface area contributed by atoms with Crippen molar-refractivity contribution in [3.63, 3.8) is 0 Å². The number of aryl methyl sites for hydroxylation is 1. The van der Waals surface area contributed by atoms with Gasteiger partial charge in [-0.15, -0.1) is 11.3 Å². The normalized spacial score (nSPS) is 17.1. The highest BCUT2D eigenvalue weighted by Crippen LogP contribution is 2.54. The summed E-state index contributed by atoms with van der Waals surface area (Å²) in [6.45, 7) is 0.161. The molecule has 2 aliphatic rings. The van der Waals surface area contributed by atoms with E-state index in [-0.39, 0.29) is 29.6 Å². The maximum absolute atomic E-state index is 13.3. The second kappa shape index (κ2) is 9.97. The van der Waals surface area contributed by atoms with Gasteiger partial charge >= 0.3 is 6.18 Å². The van der Waals surface area contributed by atoms with Gasteiger partial charge < -0.3 is 15.0 Å². The largest absolute Gasteiger partial charge is 0.416 e. The van der Waals surface area contributed by atoms with Crippen LogP contribution in [0.1, 0.15) is 58.5 Å². The first-order valence-electron chi connectivity index (χ1n) is 12.9. The van der Waals surface area contributed by atoms with Crippen LogP contribution in [-0.4, -0.2) is 37.4 Å². The smallest absolute Gasteiger partial charge is 0.378 e. The Bertz CT molecular complexity index is 1630. The Morgan fingerprint density at radius 1 is 1.15 bits per heavy atom. The van der Waals surface area contributed by atoms with E-state index in [9.17, 15) is 27.9 Å². The third-order valence-electron chi connectivity index (χ3n) is 7.64. The molecule has 2 N–H and O–H groups in total. The van der Waals surface area contributed by atoms with Gasteiger partial charge in [0, 0.05) is 29.4 Å². The average Bonchev–Trinajstić information content (AvgIpc) is 3.67. The van der Waals surface area contributed by atoms with Crippen molar-refractivity contribution in [1.29, 1.82) is 0 Å². The summed E-state index contributed by atoms with van der Waals surface area (Å²) in [4.78, 5) is 40.9. The van der Waals surface area contributed by atoms with Crippen LogP contribution in [0.3, 0.4) is 0 Å². The van der Waals surface area contributed by atoms with Gasteiger partial charge in [0.15, 0.2) is 6.10 Å². The number of aliphatic hydroxyl groups excluding tert-OH is 1. The van der Waals surface area contributed by atoms with Gasteiger partial charge in [-0.1, -0.05) is 18.2 Å². The number of aromatic nitrogens is 3. The van der Waals surface area contributed by atoms with Gasteiger partial charge in [0.05, 0.1) is 28.8 Å². The van der Waals surface area contributed by atoms with Gasteiger partial charge in [-0.3, -0.25) is 14.6 Å². The quantitative estimate of drug-likeness (QED) is 0.354. The zero-order chi connectivity index (χ0) is 28.1. The molecule has 1 aliphatic carbocycles. The van der Waals surface area contributed by atoms with E-state index in [1.807, 2.05) is 18.3 Å². The molecule has 11 heteroatoms. The van der Waals surface area contributed by atoms with Crippen LogP contribution in [-0.2, 0) is 29.4 Å². The second-order valence-electron chi connectivity index (χ2n) is 10.3. The standard InChI is InChI=1S/C29H25F3N4O3S/c30-29(31,32)20-6-1-4-17(12-20)24(37)26(39)36-11-3-7-22-21(15-36)25(38)35-27(34-22)28(8-9-28)23-13-19(16-40-23)18-5-2-10-33-14-18/h1-2,4-6,10,12-14,16,24,37H,3,7-9,11,15H2,(H,34,35,38)/t24-/m1/s1. The molecule has 1 aliphatic heterocycles. The van der Waals surface area contributed by atoms with Crippen molar-refractivity contribution in [2.24, 2.45) is 0 Å². The van der Waals surface area contributed by atoms with Crippen molar-refractivity contribution in [1.82, 2.24) is 19.9 Å². The molecule has 0 unspecified atom stereocenters. The summed E-state index contributed by atoms with van der Waals surface area (Å²) in [6, 6.07) is 10.1. The van der Waals surface area contributed by atoms with Gasteiger partial charge in [0.25, 0.3) is 11.5 Å². The van der Waals surface area contributed by atoms with Crippen molar-refractivity contribution in [2.75, 3.05) is 6.54 Å². The van der Waals surface area contributed by atoms with E-state index in [1.165, 1.54) is 11.0 Å². The van der Waals surface area contributed by atoms with Gasteiger partial charge in [-0.05, 0) is 66.5 Å². The molecule has 3 aromatic heterocycles. The molecular formula is C29H25F3N4O3S. The van der Waals surface area contributed by atoms with E-state index in [0.29, 0.717) is 29.9 Å². The van der Waals surface area contributed by atoms with Crippen LogP contribution in [0.15, 0.2) is 65.0 Å². The molecule has 4 aromatic rings. The molecule has 1 aromatic carbocycles. The third kappa shape index (κ3) is 4.84. The lowest BCUT2D eigenvalue weighted by molar-refractivity contribution is -0.142. The van der Waals surface area contributed by atoms with Crippen LogP contribution in [0.2, 0.25) is 0 Å². The summed E-state index contributed by atoms with van der Waals surface area (Å²) in [5.41, 5.74) is 1.22. The van der Waals surface area contributed by atoms with Gasteiger partial charge in [0.2, 0.25) is 0 Å². The number of alkyl halides is 3. The number of amides is 1. The minimum Gasteiger partial charge on any atom is -0.378 e. The zero-order valence-corrected chi connectivity index (χ0v) is 22.1. The Labute approximate surface area is 231 Å². The molecule has 1 fully saturated rings. The Hall–Kier alpha value is -3.83. The molecule has 4 heterocycles. The van der Waals surface area contributed by atoms with Crippen molar-refractivity contribution < 1.29 is 23.1 Å². The van der Waals surface area contributed by atoms with Crippen molar-refractivity contribution in [3.05, 3.63) is 104 Å². The lowest BCUT2D eigenvalue weighted by atomic mass is 10.0. The Morgan fingerprint density at radius 2 is 1.98 bits per heavy atom. The zero-order valence-electron chi connectivity index (χ0n) is 21.2. The number of aliphatic hydroxyl groups is 1. The lowest BCUT2D eigenvalue weighted by Crippen LogP contribution is -2.36. The summed E-state index contributed by atoms with van der Waals surface area (Å²) >= 11 is 1.62. The van der Waals surface area contributed by atoms with Crippen LogP contribution in [0.5, 0.6) is 0 Å². The highest BCUT2D eigenvalue weighted by Gasteiger charge is 2.50. The van der Waals surface area contributed by atoms with E-state index in [1.54, 1.807) is 17.5 Å². The minimum absolute atomic E-state index is 0.0794. The molecule has 40 heavy (non-hydrogen) atoms. The number of rotatable bonds is 5. The average molecular weight is 567 g/mol. The molecule has 0 radical (unpaired) electrons. The Morgan fingerprint density at radius 3 is 2.70 bits per heavy atom. The Balaban J connectivity index is 1.25. The number of aromatic amines is 1. The maximum atomic E-state index is 13.3. The number of nitrogens with one attached hydrogen (secondary N) is 1. The van der Waals surface area contributed by atoms with E-state index < -0.39 is 23.8 Å². The van der Waals surface area contributed by atoms with Gasteiger partial charge in [0.1, 0.15) is 5.82 Å². The van der Waals surface area contributed by atoms with E-state index >= 15 is 0 Å². The summed E-state index contributed by atoms with van der Waals surface area (Å²) in [6.07, 6.45) is -0.157. The van der Waals surface area contributed by atoms with Crippen LogP contribution >= 0.6 is 11.3 Å². The maximum Gasteiger partial charge on any atom is 0.416 e. The number of carbonyl (C=O) groups is 1. The third-order valence-corrected chi connectivity index (χ3v) is 8.77. The molecule has 7 nitrogen and oxygen atoms in total. The SMILES string of the molecule is O=C([C@H](O)c1cccc(C(F)(F)F)c1)N1CCCc2nc(C3(c4cc(-c5cccnc5)cs4)CC3)[nH]c(=O)c2C1. The predicted molar refractivity (Wildman–Crippen MR) is 143 cm³/mol. The number of fused-ring (bicyclic) bond motifs is 1. The highest BCUT2D eigenvalue weighted by atomic mass is 32.1. The minimum atomic E-state index is -4.60. The van der Waals surface area contributed by atoms with Crippen molar-refractivity contribution in [3.8, 4) is 11.1 Å². The number of hydrogen-bond donors (Lipinski definition) is 2. The number of benzene rings is 1. The van der Waals surface area contributed by atoms with Crippen LogP contribution in [0.25, 0.3) is 11.1 Å². The number of pyridine rings is 1. The second-order valence-corrected chi connectivity index (χ2v) is 11.2. The number of H-pyrrole nitrogens is 1. The van der Waals surface area contributed by atoms with Crippen molar-refractivity contribution in [2.45, 2.75) is 49.9 Å². The van der Waals surface area contributed by atoms with E-state index in [2.05, 4.69) is 21.4 Å². The molecule has 1 amide bonds. The van der Waals surface area contributed by atoms with Gasteiger partial charge in [-0.2, -0.15) is 13.2 Å². The van der Waals surface area contributed by atoms with Crippen LogP contribution in [0, 0.1) is 0 Å². The molecule has 0 bridgehead atoms. The topological polar surface area (TPSA) is 99.2 Å². The van der Waals surface area contributed by atoms with Crippen LogP contribution < -0.4 is 5.56 Å². The monoisotopic (exact) mass is 566 g/mol. The number of halogens is 3. The fourth-order valence-corrected chi connectivity index (χ4v) is 6.41. The molecule has 0 saturated heterocycles. The number of thiophene rings is 1. The first-order chi connectivity index (χ1) is 19.2. The summed E-state index contributed by atoms with van der Waals surface area (Å²) in [7, 11) is 0. The highest BCUT2D eigenvalue weighted by molar-refractivity contribution is 7.10. The molecule has 6 rings (SSSR count). The molecular weight excluding hydrogens is 541 g/mol. The molecule has 1 saturated carbocycles. The lowest BCUT2D eigenvalue weighted by Gasteiger charge is -2.24. The summed E-state index contributed by atoms with van der Waals surface area (Å²) in [5, 5.41) is 12.7. The first-order valence-corrected chi connectivity index (χ1v) is 13.8. The number of carbonyl (C=O) groups excluding carboxylic acids is 1. The van der Waals surface area contributed by atoms with E-state index in [0.717, 1.165) is 47.0 Å². The number of nitrogens with zero attached hydrogens (tertiary/aromatic N) is 3. The fourth-order valence-electron chi connectivity index (χ4n) is 5.23. The molecule has 0 spiro atoms. The molecule has 206 valence electrons. The molecule has 1 atom stereocenters. The fraction of sp³-hybridized carbons (Fsp3) is 0.310. The van der Waals surface area contributed by atoms with Crippen LogP contribution in [0.4, 0.5) is 13.2 Å². The number of hydrogen-bond acceptors (Lipinski definition) is 6. The first kappa shape index (κ1) is 26.4. The summed E-state index contributed by atoms with van der Waals surface area (Å²) in [5.74, 6) is -0.143. The van der Waals surface area contributed by atoms with E-state index in [4.69, 9.17) is 4.98 Å². The van der Waals surface area contributed by atoms with Crippen molar-refractivity contribution >= 4 is 17.2 Å². The van der Waals surface area contributed by atoms with Gasteiger partial charge in [-0.25, -0.2) is 4.98 Å². The predicted octanol–water partition coefficient (Wildman–Crippen LogP) is 5.00. The summed E-state index contributed by atoms with van der Waals surface area (Å²) < 4.78 is 39.4. The Kier molecular flexibility index (Phi) is 6.58.